The van der Waals surface area contributed by atoms with Gasteiger partial charge in [0.05, 0.1) is 0 Å². The summed E-state index contributed by atoms with van der Waals surface area (Å²) in [5, 5.41) is 3.98. The van der Waals surface area contributed by atoms with Gasteiger partial charge in [0.2, 0.25) is 0 Å². The molecular formula is C70H53BN3. The maximum absolute atomic E-state index is 3.98. The number of fused-ring (bicyclic) bond motifs is 6. The first-order valence-corrected chi connectivity index (χ1v) is 25.7. The molecule has 2 aliphatic rings. The van der Waals surface area contributed by atoms with Gasteiger partial charge < -0.3 is 15.1 Å². The van der Waals surface area contributed by atoms with Crippen LogP contribution in [0.5, 0.6) is 0 Å². The highest BCUT2D eigenvalue weighted by atomic mass is 15.2. The van der Waals surface area contributed by atoms with Crippen LogP contribution >= 0.6 is 0 Å². The minimum Gasteiger partial charge on any atom is -0.355 e. The first-order chi connectivity index (χ1) is 36.4. The maximum Gasteiger partial charge on any atom is 0.197 e. The van der Waals surface area contributed by atoms with Gasteiger partial charge in [-0.05, 0) is 146 Å². The molecule has 0 unspecified atom stereocenters. The van der Waals surface area contributed by atoms with E-state index in [-0.39, 0.29) is 5.41 Å². The lowest BCUT2D eigenvalue weighted by Crippen LogP contribution is -2.42. The highest BCUT2D eigenvalue weighted by Crippen LogP contribution is 2.56. The molecule has 1 heterocycles. The third-order valence-corrected chi connectivity index (χ3v) is 15.2. The standard InChI is InChI=1S/C70H53BN3/c1-47-43-52(49-23-11-5-12-24-49)36-42-65(47)74-66-45-57(73(55-27-15-7-16-28-55)56-29-17-8-18-30-56)39-41-63(66)71-68-60(46-62-67(69(68)74)59-31-19-20-32-61(59)70(62,2)3)58-40-35-53(50-25-13-6-14-26-50)44-64(58)72-54-37-33-51(34-38-54)48-21-9-4-10-22-48/h4-46,72H,1-3H3. The Bertz CT molecular complexity index is 3820. The van der Waals surface area contributed by atoms with Gasteiger partial charge in [0.25, 0.3) is 0 Å². The van der Waals surface area contributed by atoms with E-state index < -0.39 is 0 Å². The summed E-state index contributed by atoms with van der Waals surface area (Å²) in [6.07, 6.45) is 0. The lowest BCUT2D eigenvalue weighted by atomic mass is 9.57. The van der Waals surface area contributed by atoms with Crippen molar-refractivity contribution in [1.82, 2.24) is 0 Å². The van der Waals surface area contributed by atoms with E-state index in [4.69, 9.17) is 0 Å². The average molecular weight is 947 g/mol. The Morgan fingerprint density at radius 1 is 0.405 bits per heavy atom. The Morgan fingerprint density at radius 3 is 1.55 bits per heavy atom. The molecule has 0 saturated carbocycles. The van der Waals surface area contributed by atoms with Crippen LogP contribution in [-0.2, 0) is 5.41 Å². The number of aryl methyl sites for hydroxylation is 1. The van der Waals surface area contributed by atoms with E-state index in [1.54, 1.807) is 0 Å². The molecule has 0 fully saturated rings. The maximum atomic E-state index is 3.98. The Morgan fingerprint density at radius 2 is 0.932 bits per heavy atom. The van der Waals surface area contributed by atoms with Crippen LogP contribution in [0, 0.1) is 6.92 Å². The zero-order valence-corrected chi connectivity index (χ0v) is 41.8. The number of para-hydroxylation sites is 2. The summed E-state index contributed by atoms with van der Waals surface area (Å²) < 4.78 is 0. The number of hydrogen-bond donors (Lipinski definition) is 1. The molecular weight excluding hydrogens is 894 g/mol. The summed E-state index contributed by atoms with van der Waals surface area (Å²) in [4.78, 5) is 4.97. The van der Waals surface area contributed by atoms with Crippen molar-refractivity contribution in [3.63, 3.8) is 0 Å². The summed E-state index contributed by atoms with van der Waals surface area (Å²) >= 11 is 0. The predicted molar refractivity (Wildman–Crippen MR) is 315 cm³/mol. The lowest BCUT2D eigenvalue weighted by Gasteiger charge is -2.39. The highest BCUT2D eigenvalue weighted by Gasteiger charge is 2.42. The van der Waals surface area contributed by atoms with E-state index in [9.17, 15) is 0 Å². The smallest absolute Gasteiger partial charge is 0.197 e. The molecule has 0 aromatic heterocycles. The number of benzene rings is 11. The summed E-state index contributed by atoms with van der Waals surface area (Å²) in [5.41, 5.74) is 26.6. The quantitative estimate of drug-likeness (QED) is 0.138. The fourth-order valence-corrected chi connectivity index (χ4v) is 11.5. The Hall–Kier alpha value is -9.12. The van der Waals surface area contributed by atoms with E-state index in [1.807, 2.05) is 0 Å². The highest BCUT2D eigenvalue weighted by molar-refractivity contribution is 6.73. The minimum absolute atomic E-state index is 0.294. The van der Waals surface area contributed by atoms with E-state index in [0.717, 1.165) is 56.4 Å². The van der Waals surface area contributed by atoms with Crippen LogP contribution in [-0.4, -0.2) is 7.28 Å². The van der Waals surface area contributed by atoms with Gasteiger partial charge in [-0.2, -0.15) is 0 Å². The molecule has 4 heteroatoms. The lowest BCUT2D eigenvalue weighted by molar-refractivity contribution is 0.661. The van der Waals surface area contributed by atoms with Gasteiger partial charge >= 0.3 is 0 Å². The fourth-order valence-electron chi connectivity index (χ4n) is 11.5. The first kappa shape index (κ1) is 44.8. The van der Waals surface area contributed by atoms with Crippen molar-refractivity contribution in [1.29, 1.82) is 0 Å². The normalized spacial score (nSPS) is 12.7. The van der Waals surface area contributed by atoms with Crippen LogP contribution in [0.4, 0.5) is 45.5 Å². The van der Waals surface area contributed by atoms with E-state index in [0.29, 0.717) is 0 Å². The van der Waals surface area contributed by atoms with Crippen molar-refractivity contribution in [3.8, 4) is 55.6 Å². The Kier molecular flexibility index (Phi) is 11.2. The molecule has 0 saturated heterocycles. The van der Waals surface area contributed by atoms with E-state index in [2.05, 4.69) is 304 Å². The number of nitrogens with one attached hydrogen (secondary N) is 1. The number of anilines is 8. The van der Waals surface area contributed by atoms with Crippen LogP contribution in [0.2, 0.25) is 0 Å². The number of rotatable bonds is 10. The van der Waals surface area contributed by atoms with Crippen molar-refractivity contribution >= 4 is 63.7 Å². The minimum atomic E-state index is -0.294. The van der Waals surface area contributed by atoms with Gasteiger partial charge in [-0.1, -0.05) is 207 Å². The molecule has 0 amide bonds. The monoisotopic (exact) mass is 946 g/mol. The van der Waals surface area contributed by atoms with Gasteiger partial charge in [-0.25, -0.2) is 0 Å². The van der Waals surface area contributed by atoms with Crippen LogP contribution in [0.3, 0.4) is 0 Å². The number of hydrogen-bond acceptors (Lipinski definition) is 3. The second-order valence-electron chi connectivity index (χ2n) is 20.1. The van der Waals surface area contributed by atoms with E-state index in [1.165, 1.54) is 72.3 Å². The topological polar surface area (TPSA) is 18.5 Å². The van der Waals surface area contributed by atoms with Crippen LogP contribution in [0.1, 0.15) is 30.5 Å². The second kappa shape index (κ2) is 18.5. The summed E-state index contributed by atoms with van der Waals surface area (Å²) in [5.74, 6) is 0. The molecule has 11 aromatic rings. The zero-order chi connectivity index (χ0) is 49.8. The van der Waals surface area contributed by atoms with E-state index >= 15 is 0 Å². The van der Waals surface area contributed by atoms with Crippen molar-refractivity contribution in [2.24, 2.45) is 0 Å². The Balaban J connectivity index is 1.07. The fraction of sp³-hybridized carbons (Fsp3) is 0.0571. The predicted octanol–water partition coefficient (Wildman–Crippen LogP) is 17.6. The molecule has 0 bridgehead atoms. The van der Waals surface area contributed by atoms with Crippen LogP contribution in [0.15, 0.2) is 261 Å². The first-order valence-electron chi connectivity index (χ1n) is 25.7. The van der Waals surface area contributed by atoms with Crippen molar-refractivity contribution in [2.45, 2.75) is 26.2 Å². The molecule has 351 valence electrons. The average Bonchev–Trinajstić information content (AvgIpc) is 3.69. The van der Waals surface area contributed by atoms with Crippen molar-refractivity contribution in [3.05, 3.63) is 278 Å². The van der Waals surface area contributed by atoms with Crippen molar-refractivity contribution in [2.75, 3.05) is 15.1 Å². The SMILES string of the molecule is Cc1cc(-c2ccccc2)ccc1N1c2cc(N(c3ccccc3)c3ccccc3)ccc2[B]c2c(-c3ccc(-c4ccccc4)cc3Nc3ccc(-c4ccccc4)cc3)cc3c(c21)-c1ccccc1C3(C)C. The van der Waals surface area contributed by atoms with Crippen LogP contribution < -0.4 is 26.0 Å². The third kappa shape index (κ3) is 7.87. The Labute approximate surface area is 436 Å². The van der Waals surface area contributed by atoms with Gasteiger partial charge in [0.15, 0.2) is 7.28 Å². The molecule has 74 heavy (non-hydrogen) atoms. The van der Waals surface area contributed by atoms with Crippen molar-refractivity contribution < 1.29 is 0 Å². The summed E-state index contributed by atoms with van der Waals surface area (Å²) in [6, 6.07) is 95.0. The van der Waals surface area contributed by atoms with Gasteiger partial charge in [-0.3, -0.25) is 0 Å². The molecule has 1 aliphatic carbocycles. The van der Waals surface area contributed by atoms with Gasteiger partial charge in [-0.15, -0.1) is 0 Å². The summed E-state index contributed by atoms with van der Waals surface area (Å²) in [7, 11) is 2.46. The molecule has 0 spiro atoms. The molecule has 1 aliphatic heterocycles. The second-order valence-corrected chi connectivity index (χ2v) is 20.1. The molecule has 0 atom stereocenters. The van der Waals surface area contributed by atoms with Crippen LogP contribution in [0.25, 0.3) is 55.6 Å². The number of nitrogens with zero attached hydrogens (tertiary/aromatic N) is 2. The largest absolute Gasteiger partial charge is 0.355 e. The molecule has 1 radical (unpaired) electrons. The zero-order valence-electron chi connectivity index (χ0n) is 41.8. The third-order valence-electron chi connectivity index (χ3n) is 15.2. The molecule has 1 N–H and O–H groups in total. The van der Waals surface area contributed by atoms with Gasteiger partial charge in [0.1, 0.15) is 0 Å². The van der Waals surface area contributed by atoms with Gasteiger partial charge in [0, 0.05) is 62.0 Å². The molecule has 13 rings (SSSR count). The molecule has 3 nitrogen and oxygen atoms in total. The summed E-state index contributed by atoms with van der Waals surface area (Å²) in [6.45, 7) is 7.08. The molecule has 11 aromatic carbocycles.